The molecule has 1 unspecified atom stereocenters. The second-order valence-corrected chi connectivity index (χ2v) is 7.67. The van der Waals surface area contributed by atoms with Crippen LogP contribution >= 0.6 is 0 Å². The highest BCUT2D eigenvalue weighted by atomic mass is 16.5. The van der Waals surface area contributed by atoms with Gasteiger partial charge in [-0.1, -0.05) is 13.8 Å². The number of nitrogens with one attached hydrogen (secondary N) is 1. The van der Waals surface area contributed by atoms with Gasteiger partial charge in [0.25, 0.3) is 0 Å². The Balaban J connectivity index is 1.95. The van der Waals surface area contributed by atoms with Crippen LogP contribution in [0.3, 0.4) is 0 Å². The summed E-state index contributed by atoms with van der Waals surface area (Å²) in [6.45, 7) is 15.9. The summed E-state index contributed by atoms with van der Waals surface area (Å²) in [7, 11) is 0. The van der Waals surface area contributed by atoms with Crippen LogP contribution in [-0.2, 0) is 14.3 Å². The van der Waals surface area contributed by atoms with Gasteiger partial charge in [0, 0.05) is 38.8 Å². The van der Waals surface area contributed by atoms with Gasteiger partial charge >= 0.3 is 5.97 Å². The first kappa shape index (κ1) is 22.0. The first-order chi connectivity index (χ1) is 13.1. The smallest absolute Gasteiger partial charge is 0.309 e. The molecule has 156 valence electrons. The van der Waals surface area contributed by atoms with Crippen molar-refractivity contribution >= 4 is 11.9 Å². The molecule has 2 saturated heterocycles. The number of hydrogen-bond acceptors (Lipinski definition) is 5. The summed E-state index contributed by atoms with van der Waals surface area (Å²) in [4.78, 5) is 21.7. The SMILES string of the molecule is CCNC(=NCC(C(C)C)N1CCOCC1)N1CCC(C(=O)OCC)CC1. The molecule has 7 heteroatoms. The predicted octanol–water partition coefficient (Wildman–Crippen LogP) is 1.58. The van der Waals surface area contributed by atoms with Crippen LogP contribution in [0.1, 0.15) is 40.5 Å². The number of guanidine groups is 1. The molecule has 0 aliphatic carbocycles. The molecule has 2 fully saturated rings. The lowest BCUT2D eigenvalue weighted by Gasteiger charge is -2.37. The first-order valence-electron chi connectivity index (χ1n) is 10.6. The lowest BCUT2D eigenvalue weighted by atomic mass is 9.97. The van der Waals surface area contributed by atoms with E-state index in [1.54, 1.807) is 0 Å². The van der Waals surface area contributed by atoms with Crippen molar-refractivity contribution in [2.45, 2.75) is 46.6 Å². The Kier molecular flexibility index (Phi) is 9.34. The van der Waals surface area contributed by atoms with Gasteiger partial charge in [-0.05, 0) is 32.6 Å². The van der Waals surface area contributed by atoms with Gasteiger partial charge in [0.05, 0.1) is 32.3 Å². The minimum atomic E-state index is -0.0497. The average Bonchev–Trinajstić information content (AvgIpc) is 2.68. The van der Waals surface area contributed by atoms with Gasteiger partial charge in [0.15, 0.2) is 5.96 Å². The topological polar surface area (TPSA) is 66.4 Å². The van der Waals surface area contributed by atoms with Crippen LogP contribution in [0.2, 0.25) is 0 Å². The van der Waals surface area contributed by atoms with E-state index < -0.39 is 0 Å². The summed E-state index contributed by atoms with van der Waals surface area (Å²) in [6, 6.07) is 0.430. The van der Waals surface area contributed by atoms with Crippen LogP contribution in [-0.4, -0.2) is 86.9 Å². The fraction of sp³-hybridized carbons (Fsp3) is 0.900. The summed E-state index contributed by atoms with van der Waals surface area (Å²) < 4.78 is 10.7. The van der Waals surface area contributed by atoms with E-state index in [1.807, 2.05) is 6.92 Å². The molecule has 0 bridgehead atoms. The number of carbonyl (C=O) groups is 1. The van der Waals surface area contributed by atoms with Crippen LogP contribution < -0.4 is 5.32 Å². The first-order valence-corrected chi connectivity index (χ1v) is 10.6. The van der Waals surface area contributed by atoms with Gasteiger partial charge in [0.1, 0.15) is 0 Å². The molecule has 0 aromatic heterocycles. The van der Waals surface area contributed by atoms with E-state index in [0.29, 0.717) is 18.6 Å². The van der Waals surface area contributed by atoms with Gasteiger partial charge in [-0.15, -0.1) is 0 Å². The van der Waals surface area contributed by atoms with E-state index in [2.05, 4.69) is 35.9 Å². The van der Waals surface area contributed by atoms with Crippen molar-refractivity contribution in [1.82, 2.24) is 15.1 Å². The third-order valence-electron chi connectivity index (χ3n) is 5.46. The zero-order valence-electron chi connectivity index (χ0n) is 17.6. The van der Waals surface area contributed by atoms with Gasteiger partial charge in [-0.2, -0.15) is 0 Å². The number of esters is 1. The largest absolute Gasteiger partial charge is 0.466 e. The van der Waals surface area contributed by atoms with Gasteiger partial charge in [-0.3, -0.25) is 14.7 Å². The van der Waals surface area contributed by atoms with Crippen molar-refractivity contribution < 1.29 is 14.3 Å². The molecule has 0 amide bonds. The van der Waals surface area contributed by atoms with Crippen molar-refractivity contribution in [2.24, 2.45) is 16.8 Å². The highest BCUT2D eigenvalue weighted by Crippen LogP contribution is 2.19. The van der Waals surface area contributed by atoms with Crippen molar-refractivity contribution in [3.05, 3.63) is 0 Å². The summed E-state index contributed by atoms with van der Waals surface area (Å²) in [5.74, 6) is 1.50. The lowest BCUT2D eigenvalue weighted by Crippen LogP contribution is -2.49. The molecular weight excluding hydrogens is 344 g/mol. The number of hydrogen-bond donors (Lipinski definition) is 1. The average molecular weight is 383 g/mol. The van der Waals surface area contributed by atoms with Gasteiger partial charge in [0.2, 0.25) is 0 Å². The molecule has 0 spiro atoms. The van der Waals surface area contributed by atoms with Crippen LogP contribution in [0.5, 0.6) is 0 Å². The molecule has 0 radical (unpaired) electrons. The third-order valence-corrected chi connectivity index (χ3v) is 5.46. The third kappa shape index (κ3) is 6.64. The number of nitrogens with zero attached hydrogens (tertiary/aromatic N) is 3. The van der Waals surface area contributed by atoms with E-state index in [4.69, 9.17) is 14.5 Å². The molecule has 1 atom stereocenters. The molecular formula is C20H38N4O3. The Hall–Kier alpha value is -1.34. The molecule has 0 saturated carbocycles. The summed E-state index contributed by atoms with van der Waals surface area (Å²) >= 11 is 0. The zero-order chi connectivity index (χ0) is 19.6. The van der Waals surface area contributed by atoms with Crippen LogP contribution in [0.15, 0.2) is 4.99 Å². The number of ether oxygens (including phenoxy) is 2. The fourth-order valence-electron chi connectivity index (χ4n) is 3.85. The number of rotatable bonds is 7. The molecule has 2 rings (SSSR count). The molecule has 0 aromatic rings. The highest BCUT2D eigenvalue weighted by Gasteiger charge is 2.28. The molecule has 2 aliphatic rings. The van der Waals surface area contributed by atoms with E-state index in [1.165, 1.54) is 0 Å². The molecule has 7 nitrogen and oxygen atoms in total. The maximum atomic E-state index is 12.0. The Labute approximate surface area is 164 Å². The lowest BCUT2D eigenvalue weighted by molar-refractivity contribution is -0.149. The van der Waals surface area contributed by atoms with E-state index in [9.17, 15) is 4.79 Å². The highest BCUT2D eigenvalue weighted by molar-refractivity contribution is 5.80. The van der Waals surface area contributed by atoms with Crippen molar-refractivity contribution in [1.29, 1.82) is 0 Å². The summed E-state index contributed by atoms with van der Waals surface area (Å²) in [5.41, 5.74) is 0. The molecule has 27 heavy (non-hydrogen) atoms. The fourth-order valence-corrected chi connectivity index (χ4v) is 3.85. The van der Waals surface area contributed by atoms with Gasteiger partial charge < -0.3 is 19.7 Å². The molecule has 2 heterocycles. The summed E-state index contributed by atoms with van der Waals surface area (Å²) in [6.07, 6.45) is 1.67. The maximum absolute atomic E-state index is 12.0. The Morgan fingerprint density at radius 1 is 1.19 bits per heavy atom. The number of morpholine rings is 1. The van der Waals surface area contributed by atoms with E-state index in [0.717, 1.165) is 71.3 Å². The Bertz CT molecular complexity index is 470. The quantitative estimate of drug-likeness (QED) is 0.410. The number of aliphatic imine (C=N–C) groups is 1. The minimum absolute atomic E-state index is 0.0286. The Morgan fingerprint density at radius 3 is 2.41 bits per heavy atom. The number of likely N-dealkylation sites (tertiary alicyclic amines) is 1. The molecule has 0 aromatic carbocycles. The standard InChI is InChI=1S/C20H38N4O3/c1-5-21-20(24-9-7-17(8-10-24)19(25)27-6-2)22-15-18(16(3)4)23-11-13-26-14-12-23/h16-18H,5-15H2,1-4H3,(H,21,22). The van der Waals surface area contributed by atoms with Crippen LogP contribution in [0.25, 0.3) is 0 Å². The summed E-state index contributed by atoms with van der Waals surface area (Å²) in [5, 5.41) is 3.44. The second kappa shape index (κ2) is 11.5. The van der Waals surface area contributed by atoms with Crippen molar-refractivity contribution in [3.8, 4) is 0 Å². The maximum Gasteiger partial charge on any atom is 0.309 e. The zero-order valence-corrected chi connectivity index (χ0v) is 17.6. The van der Waals surface area contributed by atoms with Crippen LogP contribution in [0, 0.1) is 11.8 Å². The van der Waals surface area contributed by atoms with E-state index >= 15 is 0 Å². The predicted molar refractivity (Wildman–Crippen MR) is 108 cm³/mol. The van der Waals surface area contributed by atoms with E-state index in [-0.39, 0.29) is 11.9 Å². The van der Waals surface area contributed by atoms with Crippen molar-refractivity contribution in [2.75, 3.05) is 59.1 Å². The Morgan fingerprint density at radius 2 is 1.85 bits per heavy atom. The van der Waals surface area contributed by atoms with Crippen molar-refractivity contribution in [3.63, 3.8) is 0 Å². The minimum Gasteiger partial charge on any atom is -0.466 e. The monoisotopic (exact) mass is 382 g/mol. The molecule has 2 aliphatic heterocycles. The number of carbonyl (C=O) groups excluding carboxylic acids is 1. The second-order valence-electron chi connectivity index (χ2n) is 7.67. The molecule has 1 N–H and O–H groups in total. The normalized spacial score (nSPS) is 21.4. The van der Waals surface area contributed by atoms with Gasteiger partial charge in [-0.25, -0.2) is 0 Å². The van der Waals surface area contributed by atoms with Crippen LogP contribution in [0.4, 0.5) is 0 Å². The number of piperidine rings is 1.